The zero-order chi connectivity index (χ0) is 9.72. The molecule has 0 aliphatic rings. The van der Waals surface area contributed by atoms with Gasteiger partial charge in [0.25, 0.3) is 0 Å². The molecule has 0 radical (unpaired) electrons. The number of carbonyl (C=O) groups is 1. The predicted molar refractivity (Wildman–Crippen MR) is 51.9 cm³/mol. The van der Waals surface area contributed by atoms with Crippen LogP contribution in [0.15, 0.2) is 12.2 Å². The van der Waals surface area contributed by atoms with Gasteiger partial charge in [0.1, 0.15) is 0 Å². The SMILES string of the molecule is C/C=C/C(=O)N(C)C(C)C(C)C. The van der Waals surface area contributed by atoms with E-state index in [0.717, 1.165) is 0 Å². The predicted octanol–water partition coefficient (Wildman–Crippen LogP) is 2.07. The Labute approximate surface area is 75.3 Å². The second-order valence-electron chi connectivity index (χ2n) is 3.43. The second-order valence-corrected chi connectivity index (χ2v) is 3.43. The largest absolute Gasteiger partial charge is 0.339 e. The van der Waals surface area contributed by atoms with Gasteiger partial charge in [0, 0.05) is 13.1 Å². The molecule has 1 atom stereocenters. The van der Waals surface area contributed by atoms with Gasteiger partial charge in [-0.05, 0) is 25.8 Å². The third-order valence-corrected chi connectivity index (χ3v) is 2.23. The maximum atomic E-state index is 11.3. The van der Waals surface area contributed by atoms with Crippen LogP contribution in [0.3, 0.4) is 0 Å². The van der Waals surface area contributed by atoms with Crippen molar-refractivity contribution in [2.24, 2.45) is 5.92 Å². The fourth-order valence-corrected chi connectivity index (χ4v) is 0.908. The van der Waals surface area contributed by atoms with E-state index < -0.39 is 0 Å². The zero-order valence-electron chi connectivity index (χ0n) is 8.66. The number of nitrogens with zero attached hydrogens (tertiary/aromatic N) is 1. The molecule has 0 rings (SSSR count). The van der Waals surface area contributed by atoms with E-state index in [2.05, 4.69) is 20.8 Å². The van der Waals surface area contributed by atoms with Gasteiger partial charge >= 0.3 is 0 Å². The van der Waals surface area contributed by atoms with Crippen molar-refractivity contribution < 1.29 is 4.79 Å². The molecule has 0 aromatic rings. The molecule has 1 amide bonds. The summed E-state index contributed by atoms with van der Waals surface area (Å²) in [5.41, 5.74) is 0. The van der Waals surface area contributed by atoms with E-state index in [-0.39, 0.29) is 5.91 Å². The van der Waals surface area contributed by atoms with Crippen LogP contribution in [0.2, 0.25) is 0 Å². The molecule has 0 saturated heterocycles. The average Bonchev–Trinajstić information content (AvgIpc) is 2.02. The van der Waals surface area contributed by atoms with Crippen molar-refractivity contribution in [3.05, 3.63) is 12.2 Å². The normalized spacial score (nSPS) is 13.8. The van der Waals surface area contributed by atoms with Gasteiger partial charge in [-0.15, -0.1) is 0 Å². The van der Waals surface area contributed by atoms with Crippen LogP contribution in [0.25, 0.3) is 0 Å². The first-order chi connectivity index (χ1) is 5.50. The quantitative estimate of drug-likeness (QED) is 0.592. The van der Waals surface area contributed by atoms with Crippen LogP contribution >= 0.6 is 0 Å². The van der Waals surface area contributed by atoms with Crippen molar-refractivity contribution >= 4 is 5.91 Å². The Morgan fingerprint density at radius 3 is 2.17 bits per heavy atom. The Kier molecular flexibility index (Phi) is 4.64. The van der Waals surface area contributed by atoms with Crippen LogP contribution in [-0.4, -0.2) is 23.9 Å². The summed E-state index contributed by atoms with van der Waals surface area (Å²) in [5.74, 6) is 0.586. The van der Waals surface area contributed by atoms with E-state index in [4.69, 9.17) is 0 Å². The lowest BCUT2D eigenvalue weighted by molar-refractivity contribution is -0.127. The molecule has 1 unspecified atom stereocenters. The highest BCUT2D eigenvalue weighted by Crippen LogP contribution is 2.08. The van der Waals surface area contributed by atoms with Gasteiger partial charge in [0.15, 0.2) is 0 Å². The summed E-state index contributed by atoms with van der Waals surface area (Å²) < 4.78 is 0. The molecule has 0 aromatic heterocycles. The standard InChI is InChI=1S/C10H19NO/c1-6-7-10(12)11(5)9(4)8(2)3/h6-9H,1-5H3/b7-6+. The fraction of sp³-hybridized carbons (Fsp3) is 0.700. The Bertz CT molecular complexity index is 173. The summed E-state index contributed by atoms with van der Waals surface area (Å²) in [4.78, 5) is 13.1. The molecule has 12 heavy (non-hydrogen) atoms. The van der Waals surface area contributed by atoms with Crippen molar-refractivity contribution in [1.29, 1.82) is 0 Å². The highest BCUT2D eigenvalue weighted by atomic mass is 16.2. The molecule has 0 spiro atoms. The Morgan fingerprint density at radius 2 is 1.83 bits per heavy atom. The van der Waals surface area contributed by atoms with E-state index in [1.165, 1.54) is 0 Å². The molecule has 0 bridgehead atoms. The summed E-state index contributed by atoms with van der Waals surface area (Å²) in [7, 11) is 1.84. The number of rotatable bonds is 3. The minimum Gasteiger partial charge on any atom is -0.339 e. The molecular formula is C10H19NO. The number of likely N-dealkylation sites (N-methyl/N-ethyl adjacent to an activating group) is 1. The minimum absolute atomic E-state index is 0.0821. The first-order valence-corrected chi connectivity index (χ1v) is 4.40. The first-order valence-electron chi connectivity index (χ1n) is 4.40. The van der Waals surface area contributed by atoms with Crippen LogP contribution in [0.1, 0.15) is 27.7 Å². The Morgan fingerprint density at radius 1 is 1.33 bits per heavy atom. The third-order valence-electron chi connectivity index (χ3n) is 2.23. The van der Waals surface area contributed by atoms with Crippen LogP contribution in [0.5, 0.6) is 0 Å². The molecule has 70 valence electrons. The van der Waals surface area contributed by atoms with E-state index in [9.17, 15) is 4.79 Å². The molecule has 0 aromatic carbocycles. The van der Waals surface area contributed by atoms with Crippen molar-refractivity contribution in [3.63, 3.8) is 0 Å². The molecule has 0 aliphatic heterocycles. The summed E-state index contributed by atoms with van der Waals surface area (Å²) >= 11 is 0. The van der Waals surface area contributed by atoms with Gasteiger partial charge in [-0.1, -0.05) is 19.9 Å². The van der Waals surface area contributed by atoms with Gasteiger partial charge < -0.3 is 4.90 Å². The van der Waals surface area contributed by atoms with Crippen LogP contribution in [-0.2, 0) is 4.79 Å². The topological polar surface area (TPSA) is 20.3 Å². The van der Waals surface area contributed by atoms with Gasteiger partial charge in [-0.25, -0.2) is 0 Å². The lowest BCUT2D eigenvalue weighted by Gasteiger charge is -2.26. The summed E-state index contributed by atoms with van der Waals surface area (Å²) in [6.45, 7) is 8.14. The van der Waals surface area contributed by atoms with Crippen molar-refractivity contribution in [1.82, 2.24) is 4.90 Å². The minimum atomic E-state index is 0.0821. The van der Waals surface area contributed by atoms with Gasteiger partial charge in [-0.2, -0.15) is 0 Å². The lowest BCUT2D eigenvalue weighted by atomic mass is 10.1. The number of hydrogen-bond acceptors (Lipinski definition) is 1. The highest BCUT2D eigenvalue weighted by Gasteiger charge is 2.15. The summed E-state index contributed by atoms with van der Waals surface area (Å²) in [5, 5.41) is 0. The molecule has 0 fully saturated rings. The van der Waals surface area contributed by atoms with Crippen LogP contribution < -0.4 is 0 Å². The number of allylic oxidation sites excluding steroid dienone is 1. The average molecular weight is 169 g/mol. The maximum Gasteiger partial charge on any atom is 0.246 e. The van der Waals surface area contributed by atoms with Crippen molar-refractivity contribution in [2.75, 3.05) is 7.05 Å². The third kappa shape index (κ3) is 3.07. The Balaban J connectivity index is 4.18. The molecule has 0 N–H and O–H groups in total. The maximum absolute atomic E-state index is 11.3. The number of carbonyl (C=O) groups excluding carboxylic acids is 1. The molecule has 2 heteroatoms. The molecule has 2 nitrogen and oxygen atoms in total. The fourth-order valence-electron chi connectivity index (χ4n) is 0.908. The van der Waals surface area contributed by atoms with E-state index in [0.29, 0.717) is 12.0 Å². The zero-order valence-corrected chi connectivity index (χ0v) is 8.66. The van der Waals surface area contributed by atoms with E-state index in [1.54, 1.807) is 17.1 Å². The molecular weight excluding hydrogens is 150 g/mol. The van der Waals surface area contributed by atoms with Gasteiger partial charge in [-0.3, -0.25) is 4.79 Å². The Hall–Kier alpha value is -0.790. The number of amides is 1. The summed E-state index contributed by atoms with van der Waals surface area (Å²) in [6, 6.07) is 0.300. The van der Waals surface area contributed by atoms with Gasteiger partial charge in [0.2, 0.25) is 5.91 Å². The molecule has 0 heterocycles. The van der Waals surface area contributed by atoms with Crippen LogP contribution in [0.4, 0.5) is 0 Å². The number of hydrogen-bond donors (Lipinski definition) is 0. The molecule has 0 saturated carbocycles. The summed E-state index contributed by atoms with van der Waals surface area (Å²) in [6.07, 6.45) is 3.37. The van der Waals surface area contributed by atoms with Gasteiger partial charge in [0.05, 0.1) is 0 Å². The van der Waals surface area contributed by atoms with Crippen molar-refractivity contribution in [3.8, 4) is 0 Å². The second kappa shape index (κ2) is 4.96. The van der Waals surface area contributed by atoms with Crippen LogP contribution in [0, 0.1) is 5.92 Å². The first kappa shape index (κ1) is 11.2. The monoisotopic (exact) mass is 169 g/mol. The van der Waals surface area contributed by atoms with Crippen molar-refractivity contribution in [2.45, 2.75) is 33.7 Å². The highest BCUT2D eigenvalue weighted by molar-refractivity contribution is 5.87. The smallest absolute Gasteiger partial charge is 0.246 e. The lowest BCUT2D eigenvalue weighted by Crippen LogP contribution is -2.37. The van der Waals surface area contributed by atoms with E-state index in [1.807, 2.05) is 14.0 Å². The molecule has 0 aliphatic carbocycles. The van der Waals surface area contributed by atoms with E-state index >= 15 is 0 Å².